The molecule has 0 aliphatic carbocycles. The number of primary amides is 1. The third-order valence-corrected chi connectivity index (χ3v) is 2.69. The van der Waals surface area contributed by atoms with Gasteiger partial charge in [-0.15, -0.1) is 0 Å². The molecule has 0 aliphatic rings. The van der Waals surface area contributed by atoms with Crippen LogP contribution in [-0.4, -0.2) is 20.4 Å². The fourth-order valence-electron chi connectivity index (χ4n) is 1.45. The molecule has 0 radical (unpaired) electrons. The number of nitrogens with zero attached hydrogens (tertiary/aromatic N) is 2. The van der Waals surface area contributed by atoms with Gasteiger partial charge in [-0.2, -0.15) is 0 Å². The first kappa shape index (κ1) is 11.1. The highest BCUT2D eigenvalue weighted by atomic mass is 35.5. The van der Waals surface area contributed by atoms with Crippen molar-refractivity contribution in [2.75, 3.05) is 0 Å². The van der Waals surface area contributed by atoms with Crippen LogP contribution in [0, 0.1) is 4.77 Å². The number of nitrogens with one attached hydrogen (secondary N) is 1. The van der Waals surface area contributed by atoms with Crippen molar-refractivity contribution in [2.45, 2.75) is 13.0 Å². The number of nitrogens with two attached hydrogens (primary N) is 1. The van der Waals surface area contributed by atoms with Crippen molar-refractivity contribution in [1.82, 2.24) is 14.5 Å². The van der Waals surface area contributed by atoms with Gasteiger partial charge in [-0.3, -0.25) is 4.79 Å². The highest BCUT2D eigenvalue weighted by Gasteiger charge is 2.07. The number of fused-ring (bicyclic) bond motifs is 1. The van der Waals surface area contributed by atoms with Crippen molar-refractivity contribution >= 4 is 40.9 Å². The number of aromatic amines is 1. The van der Waals surface area contributed by atoms with Crippen LogP contribution >= 0.6 is 23.8 Å². The van der Waals surface area contributed by atoms with Crippen LogP contribution in [0.2, 0.25) is 5.02 Å². The zero-order valence-electron chi connectivity index (χ0n) is 8.24. The van der Waals surface area contributed by atoms with Gasteiger partial charge in [-0.25, -0.2) is 4.98 Å². The number of hydrogen-bond donors (Lipinski definition) is 2. The van der Waals surface area contributed by atoms with Gasteiger partial charge in [0.1, 0.15) is 0 Å². The highest BCUT2D eigenvalue weighted by molar-refractivity contribution is 7.71. The number of imidazole rings is 1. The van der Waals surface area contributed by atoms with Crippen LogP contribution in [0.3, 0.4) is 0 Å². The topological polar surface area (TPSA) is 76.7 Å². The number of rotatable bonds is 3. The van der Waals surface area contributed by atoms with Crippen LogP contribution in [0.1, 0.15) is 6.42 Å². The summed E-state index contributed by atoms with van der Waals surface area (Å²) in [5.74, 6) is -0.370. The van der Waals surface area contributed by atoms with E-state index in [-0.39, 0.29) is 12.3 Å². The minimum absolute atomic E-state index is 0.228. The Labute approximate surface area is 101 Å². The number of carbonyl (C=O) groups is 1. The lowest BCUT2D eigenvalue weighted by Gasteiger charge is -2.00. The predicted octanol–water partition coefficient (Wildman–Crippen LogP) is 1.62. The minimum atomic E-state index is -0.370. The predicted molar refractivity (Wildman–Crippen MR) is 63.7 cm³/mol. The minimum Gasteiger partial charge on any atom is -0.370 e. The van der Waals surface area contributed by atoms with Crippen LogP contribution in [-0.2, 0) is 11.3 Å². The molecule has 0 atom stereocenters. The number of hydrogen-bond acceptors (Lipinski definition) is 3. The molecule has 2 rings (SSSR count). The maximum Gasteiger partial charge on any atom is 0.219 e. The number of halogens is 1. The van der Waals surface area contributed by atoms with Crippen LogP contribution in [0.25, 0.3) is 11.2 Å². The van der Waals surface area contributed by atoms with E-state index in [1.807, 2.05) is 0 Å². The first-order chi connectivity index (χ1) is 7.58. The molecule has 0 saturated carbocycles. The van der Waals surface area contributed by atoms with Crippen molar-refractivity contribution in [2.24, 2.45) is 5.73 Å². The Morgan fingerprint density at radius 2 is 2.44 bits per heavy atom. The quantitative estimate of drug-likeness (QED) is 0.820. The molecule has 7 heteroatoms. The van der Waals surface area contributed by atoms with Gasteiger partial charge in [0, 0.05) is 19.2 Å². The maximum atomic E-state index is 10.7. The van der Waals surface area contributed by atoms with Gasteiger partial charge in [0.2, 0.25) is 5.91 Å². The van der Waals surface area contributed by atoms with Gasteiger partial charge in [0.15, 0.2) is 10.4 Å². The van der Waals surface area contributed by atoms with Gasteiger partial charge in [0.05, 0.1) is 10.5 Å². The molecule has 0 spiro atoms. The zero-order chi connectivity index (χ0) is 11.7. The first-order valence-corrected chi connectivity index (χ1v) is 5.39. The van der Waals surface area contributed by atoms with Crippen molar-refractivity contribution in [1.29, 1.82) is 0 Å². The van der Waals surface area contributed by atoms with E-state index in [2.05, 4.69) is 9.97 Å². The van der Waals surface area contributed by atoms with Crippen molar-refractivity contribution in [3.05, 3.63) is 22.1 Å². The van der Waals surface area contributed by atoms with E-state index in [0.29, 0.717) is 22.0 Å². The van der Waals surface area contributed by atoms with E-state index in [9.17, 15) is 4.79 Å². The average Bonchev–Trinajstić information content (AvgIpc) is 2.50. The summed E-state index contributed by atoms with van der Waals surface area (Å²) in [6.45, 7) is 0.419. The van der Waals surface area contributed by atoms with Crippen LogP contribution < -0.4 is 5.73 Å². The van der Waals surface area contributed by atoms with E-state index < -0.39 is 0 Å². The molecule has 0 unspecified atom stereocenters. The molecule has 0 bridgehead atoms. The zero-order valence-corrected chi connectivity index (χ0v) is 9.81. The third kappa shape index (κ3) is 2.07. The summed E-state index contributed by atoms with van der Waals surface area (Å²) in [6.07, 6.45) is 1.76. The molecule has 84 valence electrons. The summed E-state index contributed by atoms with van der Waals surface area (Å²) in [7, 11) is 0. The van der Waals surface area contributed by atoms with Gasteiger partial charge >= 0.3 is 0 Å². The molecular weight excluding hydrogens is 248 g/mol. The Morgan fingerprint density at radius 3 is 3.12 bits per heavy atom. The molecule has 0 aliphatic heterocycles. The summed E-state index contributed by atoms with van der Waals surface area (Å²) in [5, 5.41) is 0.533. The van der Waals surface area contributed by atoms with Gasteiger partial charge < -0.3 is 15.3 Å². The number of pyridine rings is 1. The summed E-state index contributed by atoms with van der Waals surface area (Å²) < 4.78 is 2.23. The largest absolute Gasteiger partial charge is 0.370 e. The molecule has 0 aromatic carbocycles. The Hall–Kier alpha value is -1.40. The monoisotopic (exact) mass is 256 g/mol. The van der Waals surface area contributed by atoms with E-state index in [0.717, 1.165) is 5.52 Å². The molecule has 2 aromatic heterocycles. The number of H-pyrrole nitrogens is 1. The van der Waals surface area contributed by atoms with E-state index >= 15 is 0 Å². The lowest BCUT2D eigenvalue weighted by molar-refractivity contribution is -0.118. The average molecular weight is 257 g/mol. The Morgan fingerprint density at radius 1 is 1.69 bits per heavy atom. The first-order valence-electron chi connectivity index (χ1n) is 4.60. The summed E-state index contributed by atoms with van der Waals surface area (Å²) in [5.41, 5.74) is 6.52. The second-order valence-electron chi connectivity index (χ2n) is 3.32. The van der Waals surface area contributed by atoms with Crippen molar-refractivity contribution in [3.8, 4) is 0 Å². The van der Waals surface area contributed by atoms with E-state index in [1.54, 1.807) is 10.6 Å². The third-order valence-electron chi connectivity index (χ3n) is 2.16. The molecule has 0 fully saturated rings. The number of aryl methyl sites for hydroxylation is 1. The molecule has 3 N–H and O–H groups in total. The SMILES string of the molecule is NC(=O)CCn1c(=S)[nH]c2cc(Cl)cnc21. The standard InChI is InChI=1S/C9H9ClN4OS/c10-5-3-6-8(12-4-5)14(9(16)13-6)2-1-7(11)15/h3-4H,1-2H2,(H2,11,15)(H,13,16). The van der Waals surface area contributed by atoms with Crippen molar-refractivity contribution in [3.63, 3.8) is 0 Å². The molecule has 2 aromatic rings. The molecule has 5 nitrogen and oxygen atoms in total. The second-order valence-corrected chi connectivity index (χ2v) is 4.15. The van der Waals surface area contributed by atoms with Gasteiger partial charge in [-0.1, -0.05) is 11.6 Å². The number of carbonyl (C=O) groups excluding carboxylic acids is 1. The molecule has 2 heterocycles. The summed E-state index contributed by atoms with van der Waals surface area (Å²) in [4.78, 5) is 17.8. The van der Waals surface area contributed by atoms with Crippen LogP contribution in [0.15, 0.2) is 12.3 Å². The summed E-state index contributed by atoms with van der Waals surface area (Å²) in [6, 6.07) is 1.74. The Kier molecular flexibility index (Phi) is 2.93. The van der Waals surface area contributed by atoms with Gasteiger partial charge in [-0.05, 0) is 18.3 Å². The number of aromatic nitrogens is 3. The smallest absolute Gasteiger partial charge is 0.219 e. The second kappa shape index (κ2) is 4.23. The fraction of sp³-hybridized carbons (Fsp3) is 0.222. The van der Waals surface area contributed by atoms with E-state index in [4.69, 9.17) is 29.6 Å². The Bertz CT molecular complexity index is 603. The van der Waals surface area contributed by atoms with E-state index in [1.165, 1.54) is 6.20 Å². The maximum absolute atomic E-state index is 10.7. The highest BCUT2D eigenvalue weighted by Crippen LogP contribution is 2.16. The van der Waals surface area contributed by atoms with Crippen molar-refractivity contribution < 1.29 is 4.79 Å². The number of amides is 1. The molecule has 0 saturated heterocycles. The molecule has 16 heavy (non-hydrogen) atoms. The van der Waals surface area contributed by atoms with Crippen LogP contribution in [0.4, 0.5) is 0 Å². The Balaban J connectivity index is 2.48. The van der Waals surface area contributed by atoms with Crippen LogP contribution in [0.5, 0.6) is 0 Å². The lowest BCUT2D eigenvalue weighted by atomic mass is 10.4. The van der Waals surface area contributed by atoms with Gasteiger partial charge in [0.25, 0.3) is 0 Å². The molecular formula is C9H9ClN4OS. The lowest BCUT2D eigenvalue weighted by Crippen LogP contribution is -2.14. The fourth-order valence-corrected chi connectivity index (χ4v) is 1.89. The normalized spacial score (nSPS) is 10.8. The molecule has 1 amide bonds. The summed E-state index contributed by atoms with van der Waals surface area (Å²) >= 11 is 10.9.